The van der Waals surface area contributed by atoms with Crippen LogP contribution in [0.4, 0.5) is 0 Å². The molecule has 0 saturated carbocycles. The number of nitrogens with one attached hydrogen (secondary N) is 2. The molecule has 4 heteroatoms. The maximum Gasteiger partial charge on any atom is 0.220 e. The van der Waals surface area contributed by atoms with E-state index in [0.29, 0.717) is 12.5 Å². The molecule has 0 aliphatic carbocycles. The lowest BCUT2D eigenvalue weighted by Gasteiger charge is -2.38. The summed E-state index contributed by atoms with van der Waals surface area (Å²) in [5.74, 6) is 0.234. The molecule has 2 aliphatic heterocycles. The Labute approximate surface area is 120 Å². The van der Waals surface area contributed by atoms with Crippen molar-refractivity contribution in [1.82, 2.24) is 10.6 Å². The van der Waals surface area contributed by atoms with Gasteiger partial charge in [-0.25, -0.2) is 0 Å². The molecule has 2 fully saturated rings. The highest BCUT2D eigenvalue weighted by Crippen LogP contribution is 2.41. The molecule has 1 atom stereocenters. The van der Waals surface area contributed by atoms with Crippen molar-refractivity contribution in [2.45, 2.75) is 31.7 Å². The second kappa shape index (κ2) is 5.93. The molecule has 1 unspecified atom stereocenters. The molecular formula is C15H21ClN2O. The number of piperidine rings is 1. The summed E-state index contributed by atoms with van der Waals surface area (Å²) in [6.45, 7) is 2.08. The van der Waals surface area contributed by atoms with Gasteiger partial charge in [0.1, 0.15) is 0 Å². The van der Waals surface area contributed by atoms with E-state index in [9.17, 15) is 4.79 Å². The lowest BCUT2D eigenvalue weighted by molar-refractivity contribution is -0.119. The summed E-state index contributed by atoms with van der Waals surface area (Å²) < 4.78 is 0. The quantitative estimate of drug-likeness (QED) is 0.869. The number of amides is 1. The molecule has 3 nitrogen and oxygen atoms in total. The van der Waals surface area contributed by atoms with Gasteiger partial charge in [0.25, 0.3) is 0 Å². The molecule has 2 saturated heterocycles. The van der Waals surface area contributed by atoms with Crippen LogP contribution in [-0.2, 0) is 11.2 Å². The normalized spacial score (nSPS) is 24.8. The van der Waals surface area contributed by atoms with Crippen molar-refractivity contribution in [2.24, 2.45) is 5.41 Å². The molecule has 2 heterocycles. The first kappa shape index (κ1) is 14.4. The summed E-state index contributed by atoms with van der Waals surface area (Å²) in [7, 11) is 0. The molecule has 19 heavy (non-hydrogen) atoms. The van der Waals surface area contributed by atoms with Crippen molar-refractivity contribution in [3.63, 3.8) is 0 Å². The Morgan fingerprint density at radius 1 is 1.16 bits per heavy atom. The predicted octanol–water partition coefficient (Wildman–Crippen LogP) is 1.91. The SMILES string of the molecule is Cl.O=C1CC2(CCNCC2)C(Cc2ccccc2)N1. The van der Waals surface area contributed by atoms with E-state index < -0.39 is 0 Å². The monoisotopic (exact) mass is 280 g/mol. The number of hydrogen-bond donors (Lipinski definition) is 2. The zero-order chi connectivity index (χ0) is 12.4. The molecule has 0 bridgehead atoms. The second-order valence-electron chi connectivity index (χ2n) is 5.60. The van der Waals surface area contributed by atoms with Crippen LogP contribution in [0.3, 0.4) is 0 Å². The number of carbonyl (C=O) groups excluding carboxylic acids is 1. The molecular weight excluding hydrogens is 260 g/mol. The van der Waals surface area contributed by atoms with Crippen LogP contribution >= 0.6 is 12.4 Å². The molecule has 2 N–H and O–H groups in total. The van der Waals surface area contributed by atoms with Gasteiger partial charge < -0.3 is 10.6 Å². The highest BCUT2D eigenvalue weighted by Gasteiger charge is 2.46. The topological polar surface area (TPSA) is 41.1 Å². The van der Waals surface area contributed by atoms with Gasteiger partial charge in [-0.05, 0) is 37.9 Å². The summed E-state index contributed by atoms with van der Waals surface area (Å²) in [5, 5.41) is 6.59. The number of benzene rings is 1. The third kappa shape index (κ3) is 2.93. The minimum atomic E-state index is 0. The molecule has 0 radical (unpaired) electrons. The van der Waals surface area contributed by atoms with Crippen LogP contribution in [0.25, 0.3) is 0 Å². The van der Waals surface area contributed by atoms with Crippen molar-refractivity contribution in [1.29, 1.82) is 0 Å². The second-order valence-corrected chi connectivity index (χ2v) is 5.60. The summed E-state index contributed by atoms with van der Waals surface area (Å²) >= 11 is 0. The molecule has 1 amide bonds. The third-order valence-corrected chi connectivity index (χ3v) is 4.47. The molecule has 0 aromatic heterocycles. The summed E-state index contributed by atoms with van der Waals surface area (Å²) in [4.78, 5) is 11.8. The lowest BCUT2D eigenvalue weighted by Crippen LogP contribution is -2.45. The van der Waals surface area contributed by atoms with Crippen molar-refractivity contribution in [3.05, 3.63) is 35.9 Å². The van der Waals surface area contributed by atoms with E-state index >= 15 is 0 Å². The Morgan fingerprint density at radius 2 is 1.84 bits per heavy atom. The fourth-order valence-corrected chi connectivity index (χ4v) is 3.41. The first-order valence-corrected chi connectivity index (χ1v) is 6.83. The van der Waals surface area contributed by atoms with Crippen LogP contribution < -0.4 is 10.6 Å². The summed E-state index contributed by atoms with van der Waals surface area (Å²) in [6, 6.07) is 10.8. The first-order chi connectivity index (χ1) is 8.78. The van der Waals surface area contributed by atoms with E-state index in [4.69, 9.17) is 0 Å². The lowest BCUT2D eigenvalue weighted by atomic mass is 9.71. The highest BCUT2D eigenvalue weighted by molar-refractivity contribution is 5.85. The van der Waals surface area contributed by atoms with Crippen LogP contribution in [0.2, 0.25) is 0 Å². The van der Waals surface area contributed by atoms with Gasteiger partial charge in [0, 0.05) is 17.9 Å². The first-order valence-electron chi connectivity index (χ1n) is 6.83. The van der Waals surface area contributed by atoms with E-state index in [-0.39, 0.29) is 23.7 Å². The predicted molar refractivity (Wildman–Crippen MR) is 78.5 cm³/mol. The molecule has 2 aliphatic rings. The van der Waals surface area contributed by atoms with Gasteiger partial charge in [-0.15, -0.1) is 12.4 Å². The van der Waals surface area contributed by atoms with E-state index in [1.807, 2.05) is 6.07 Å². The van der Waals surface area contributed by atoms with Gasteiger partial charge in [-0.3, -0.25) is 4.79 Å². The van der Waals surface area contributed by atoms with Gasteiger partial charge >= 0.3 is 0 Å². The van der Waals surface area contributed by atoms with Crippen LogP contribution in [0.1, 0.15) is 24.8 Å². The van der Waals surface area contributed by atoms with E-state index in [0.717, 1.165) is 32.4 Å². The smallest absolute Gasteiger partial charge is 0.220 e. The van der Waals surface area contributed by atoms with E-state index in [2.05, 4.69) is 34.9 Å². The molecule has 1 spiro atoms. The number of hydrogen-bond acceptors (Lipinski definition) is 2. The molecule has 104 valence electrons. The third-order valence-electron chi connectivity index (χ3n) is 4.47. The number of rotatable bonds is 2. The van der Waals surface area contributed by atoms with Crippen molar-refractivity contribution >= 4 is 18.3 Å². The Kier molecular flexibility index (Phi) is 4.48. The summed E-state index contributed by atoms with van der Waals surface area (Å²) in [5.41, 5.74) is 1.51. The fourth-order valence-electron chi connectivity index (χ4n) is 3.41. The molecule has 1 aromatic carbocycles. The van der Waals surface area contributed by atoms with Crippen LogP contribution in [0.5, 0.6) is 0 Å². The van der Waals surface area contributed by atoms with Gasteiger partial charge in [-0.1, -0.05) is 30.3 Å². The largest absolute Gasteiger partial charge is 0.352 e. The van der Waals surface area contributed by atoms with Crippen LogP contribution in [0.15, 0.2) is 30.3 Å². The van der Waals surface area contributed by atoms with Crippen LogP contribution in [-0.4, -0.2) is 25.0 Å². The Balaban J connectivity index is 0.00000133. The van der Waals surface area contributed by atoms with Gasteiger partial charge in [-0.2, -0.15) is 0 Å². The molecule has 3 rings (SSSR count). The minimum Gasteiger partial charge on any atom is -0.352 e. The number of halogens is 1. The average molecular weight is 281 g/mol. The highest BCUT2D eigenvalue weighted by atomic mass is 35.5. The maximum atomic E-state index is 11.8. The van der Waals surface area contributed by atoms with Gasteiger partial charge in [0.05, 0.1) is 0 Å². The molecule has 1 aromatic rings. The zero-order valence-electron chi connectivity index (χ0n) is 11.0. The average Bonchev–Trinajstić information content (AvgIpc) is 2.67. The number of carbonyl (C=O) groups is 1. The minimum absolute atomic E-state index is 0. The van der Waals surface area contributed by atoms with Gasteiger partial charge in [0.2, 0.25) is 5.91 Å². The van der Waals surface area contributed by atoms with Crippen molar-refractivity contribution < 1.29 is 4.79 Å². The van der Waals surface area contributed by atoms with Gasteiger partial charge in [0.15, 0.2) is 0 Å². The Bertz CT molecular complexity index is 429. The van der Waals surface area contributed by atoms with Crippen LogP contribution in [0, 0.1) is 5.41 Å². The van der Waals surface area contributed by atoms with Crippen molar-refractivity contribution in [2.75, 3.05) is 13.1 Å². The maximum absolute atomic E-state index is 11.8. The standard InChI is InChI=1S/C15H20N2O.ClH/c18-14-11-15(6-8-16-9-7-15)13(17-14)10-12-4-2-1-3-5-12;/h1-5,13,16H,6-11H2,(H,17,18);1H. The Hall–Kier alpha value is -1.06. The van der Waals surface area contributed by atoms with Crippen molar-refractivity contribution in [3.8, 4) is 0 Å². The summed E-state index contributed by atoms with van der Waals surface area (Å²) in [6.07, 6.45) is 3.91. The van der Waals surface area contributed by atoms with E-state index in [1.165, 1.54) is 5.56 Å². The van der Waals surface area contributed by atoms with E-state index in [1.54, 1.807) is 0 Å². The fraction of sp³-hybridized carbons (Fsp3) is 0.533. The Morgan fingerprint density at radius 3 is 2.53 bits per heavy atom. The zero-order valence-corrected chi connectivity index (χ0v) is 11.8.